The van der Waals surface area contributed by atoms with Crippen molar-refractivity contribution in [3.63, 3.8) is 0 Å². The van der Waals surface area contributed by atoms with Gasteiger partial charge in [-0.1, -0.05) is 42.5 Å². The van der Waals surface area contributed by atoms with Crippen LogP contribution in [-0.2, 0) is 11.3 Å². The predicted molar refractivity (Wildman–Crippen MR) is 124 cm³/mol. The summed E-state index contributed by atoms with van der Waals surface area (Å²) in [6.45, 7) is 3.59. The molecule has 7 heteroatoms. The first-order valence-corrected chi connectivity index (χ1v) is 10.8. The molecule has 1 fully saturated rings. The quantitative estimate of drug-likeness (QED) is 0.426. The molecule has 0 aromatic heterocycles. The Labute approximate surface area is 184 Å². The lowest BCUT2D eigenvalue weighted by molar-refractivity contribution is -0.120. The molecule has 0 bridgehead atoms. The normalized spacial score (nSPS) is 15.4. The number of carbonyl (C=O) groups excluding carboxylic acids is 1. The average molecular weight is 424 g/mol. The number of hydrogen-bond donors (Lipinski definition) is 3. The summed E-state index contributed by atoms with van der Waals surface area (Å²) in [5.74, 6) is 1.34. The second-order valence-corrected chi connectivity index (χ2v) is 7.60. The third-order valence-corrected chi connectivity index (χ3v) is 5.52. The lowest BCUT2D eigenvalue weighted by Gasteiger charge is -2.28. The SMILES string of the molecule is CN=C(NCC(=O)NCc1ccc(OC)cc1)NCC(c1ccccc1)N1CCCC1. The zero-order valence-electron chi connectivity index (χ0n) is 18.4. The Balaban J connectivity index is 1.46. The van der Waals surface area contributed by atoms with Gasteiger partial charge < -0.3 is 20.7 Å². The molecule has 1 heterocycles. The molecule has 0 spiro atoms. The summed E-state index contributed by atoms with van der Waals surface area (Å²) in [5, 5.41) is 9.42. The van der Waals surface area contributed by atoms with Crippen LogP contribution in [0.5, 0.6) is 5.75 Å². The van der Waals surface area contributed by atoms with E-state index < -0.39 is 0 Å². The monoisotopic (exact) mass is 423 g/mol. The summed E-state index contributed by atoms with van der Waals surface area (Å²) in [6.07, 6.45) is 2.48. The van der Waals surface area contributed by atoms with E-state index in [2.05, 4.69) is 50.1 Å². The van der Waals surface area contributed by atoms with Crippen LogP contribution in [-0.4, -0.2) is 57.1 Å². The van der Waals surface area contributed by atoms with E-state index >= 15 is 0 Å². The van der Waals surface area contributed by atoms with Crippen molar-refractivity contribution in [2.45, 2.75) is 25.4 Å². The van der Waals surface area contributed by atoms with Gasteiger partial charge >= 0.3 is 0 Å². The van der Waals surface area contributed by atoms with Crippen LogP contribution in [0.3, 0.4) is 0 Å². The standard InChI is InChI=1S/C24H33N5O2/c1-25-24(28-18-23(30)26-16-19-10-12-21(31-2)13-11-19)27-17-22(29-14-6-7-15-29)20-8-4-3-5-9-20/h3-5,8-13,22H,6-7,14-18H2,1-2H3,(H,26,30)(H2,25,27,28). The van der Waals surface area contributed by atoms with Crippen molar-refractivity contribution < 1.29 is 9.53 Å². The first-order chi connectivity index (χ1) is 15.2. The number of ether oxygens (including phenoxy) is 1. The number of carbonyl (C=O) groups is 1. The summed E-state index contributed by atoms with van der Waals surface area (Å²) in [6, 6.07) is 18.5. The van der Waals surface area contributed by atoms with E-state index in [4.69, 9.17) is 4.74 Å². The number of benzene rings is 2. The third kappa shape index (κ3) is 7.00. The predicted octanol–water partition coefficient (Wildman–Crippen LogP) is 2.31. The maximum Gasteiger partial charge on any atom is 0.239 e. The lowest BCUT2D eigenvalue weighted by Crippen LogP contribution is -2.45. The minimum atomic E-state index is -0.0853. The van der Waals surface area contributed by atoms with Crippen molar-refractivity contribution in [2.24, 2.45) is 4.99 Å². The number of rotatable bonds is 9. The minimum absolute atomic E-state index is 0.0853. The van der Waals surface area contributed by atoms with Crippen molar-refractivity contribution in [3.8, 4) is 5.75 Å². The van der Waals surface area contributed by atoms with E-state index in [1.165, 1.54) is 18.4 Å². The van der Waals surface area contributed by atoms with Crippen molar-refractivity contribution in [1.29, 1.82) is 0 Å². The first-order valence-electron chi connectivity index (χ1n) is 10.8. The van der Waals surface area contributed by atoms with Gasteiger partial charge in [0.1, 0.15) is 5.75 Å². The van der Waals surface area contributed by atoms with Gasteiger partial charge in [-0.2, -0.15) is 0 Å². The second kappa shape index (κ2) is 12.0. The largest absolute Gasteiger partial charge is 0.497 e. The van der Waals surface area contributed by atoms with E-state index in [9.17, 15) is 4.79 Å². The molecule has 0 aliphatic carbocycles. The van der Waals surface area contributed by atoms with Crippen molar-refractivity contribution in [2.75, 3.05) is 40.3 Å². The molecule has 3 N–H and O–H groups in total. The molecule has 3 rings (SSSR count). The molecule has 166 valence electrons. The van der Waals surface area contributed by atoms with Gasteiger partial charge in [0.15, 0.2) is 5.96 Å². The summed E-state index contributed by atoms with van der Waals surface area (Å²) in [4.78, 5) is 19.0. The Morgan fingerprint density at radius 3 is 2.39 bits per heavy atom. The molecule has 0 saturated carbocycles. The maximum absolute atomic E-state index is 12.2. The number of hydrogen-bond acceptors (Lipinski definition) is 4. The number of amides is 1. The van der Waals surface area contributed by atoms with Crippen LogP contribution in [0.4, 0.5) is 0 Å². The summed E-state index contributed by atoms with van der Waals surface area (Å²) >= 11 is 0. The first kappa shape index (κ1) is 22.6. The van der Waals surface area contributed by atoms with Crippen LogP contribution in [0, 0.1) is 0 Å². The van der Waals surface area contributed by atoms with Gasteiger partial charge in [-0.3, -0.25) is 14.7 Å². The number of nitrogens with one attached hydrogen (secondary N) is 3. The molecule has 1 atom stereocenters. The van der Waals surface area contributed by atoms with E-state index in [-0.39, 0.29) is 18.5 Å². The molecule has 2 aromatic carbocycles. The molecular formula is C24H33N5O2. The highest BCUT2D eigenvalue weighted by molar-refractivity contribution is 5.86. The van der Waals surface area contributed by atoms with Gasteiger partial charge in [0.25, 0.3) is 0 Å². The summed E-state index contributed by atoms with van der Waals surface area (Å²) in [7, 11) is 3.36. The fourth-order valence-corrected chi connectivity index (χ4v) is 3.77. The number of likely N-dealkylation sites (tertiary alicyclic amines) is 1. The van der Waals surface area contributed by atoms with Crippen LogP contribution in [0.15, 0.2) is 59.6 Å². The van der Waals surface area contributed by atoms with Gasteiger partial charge in [-0.05, 0) is 49.2 Å². The Kier molecular flexibility index (Phi) is 8.72. The number of methoxy groups -OCH3 is 1. The van der Waals surface area contributed by atoms with Crippen molar-refractivity contribution >= 4 is 11.9 Å². The molecule has 31 heavy (non-hydrogen) atoms. The van der Waals surface area contributed by atoms with Gasteiger partial charge in [0.05, 0.1) is 19.7 Å². The minimum Gasteiger partial charge on any atom is -0.497 e. The van der Waals surface area contributed by atoms with E-state index in [0.717, 1.165) is 30.9 Å². The highest BCUT2D eigenvalue weighted by atomic mass is 16.5. The second-order valence-electron chi connectivity index (χ2n) is 7.60. The Morgan fingerprint density at radius 2 is 1.74 bits per heavy atom. The maximum atomic E-state index is 12.2. The van der Waals surface area contributed by atoms with Gasteiger partial charge in [-0.25, -0.2) is 0 Å². The summed E-state index contributed by atoms with van der Waals surface area (Å²) < 4.78 is 5.15. The Hall–Kier alpha value is -3.06. The zero-order valence-corrected chi connectivity index (χ0v) is 18.4. The van der Waals surface area contributed by atoms with Gasteiger partial charge in [0, 0.05) is 20.1 Å². The highest BCUT2D eigenvalue weighted by Crippen LogP contribution is 2.24. The Morgan fingerprint density at radius 1 is 1.03 bits per heavy atom. The average Bonchev–Trinajstić information content (AvgIpc) is 3.35. The van der Waals surface area contributed by atoms with Crippen LogP contribution < -0.4 is 20.7 Å². The molecule has 1 aliphatic rings. The van der Waals surface area contributed by atoms with Crippen molar-refractivity contribution in [3.05, 3.63) is 65.7 Å². The Bertz CT molecular complexity index is 833. The molecule has 1 aliphatic heterocycles. The molecule has 2 aromatic rings. The van der Waals surface area contributed by atoms with Crippen LogP contribution >= 0.6 is 0 Å². The zero-order chi connectivity index (χ0) is 21.9. The fraction of sp³-hybridized carbons (Fsp3) is 0.417. The molecule has 7 nitrogen and oxygen atoms in total. The van der Waals surface area contributed by atoms with E-state index in [0.29, 0.717) is 12.5 Å². The topological polar surface area (TPSA) is 78.0 Å². The van der Waals surface area contributed by atoms with Crippen LogP contribution in [0.1, 0.15) is 30.0 Å². The smallest absolute Gasteiger partial charge is 0.239 e. The fourth-order valence-electron chi connectivity index (χ4n) is 3.77. The number of nitrogens with zero attached hydrogens (tertiary/aromatic N) is 2. The molecule has 1 amide bonds. The van der Waals surface area contributed by atoms with E-state index in [1.54, 1.807) is 14.2 Å². The molecule has 1 unspecified atom stereocenters. The lowest BCUT2D eigenvalue weighted by atomic mass is 10.1. The highest BCUT2D eigenvalue weighted by Gasteiger charge is 2.23. The van der Waals surface area contributed by atoms with Crippen LogP contribution in [0.25, 0.3) is 0 Å². The summed E-state index contributed by atoms with van der Waals surface area (Å²) in [5.41, 5.74) is 2.32. The molecule has 1 saturated heterocycles. The van der Waals surface area contributed by atoms with Gasteiger partial charge in [-0.15, -0.1) is 0 Å². The van der Waals surface area contributed by atoms with Crippen molar-refractivity contribution in [1.82, 2.24) is 20.9 Å². The van der Waals surface area contributed by atoms with Crippen LogP contribution in [0.2, 0.25) is 0 Å². The number of aliphatic imine (C=N–C) groups is 1. The number of guanidine groups is 1. The van der Waals surface area contributed by atoms with E-state index in [1.807, 2.05) is 30.3 Å². The third-order valence-electron chi connectivity index (χ3n) is 5.52. The molecular weight excluding hydrogens is 390 g/mol. The van der Waals surface area contributed by atoms with Gasteiger partial charge in [0.2, 0.25) is 5.91 Å². The molecule has 0 radical (unpaired) electrons.